The molecule has 1 aliphatic rings. The summed E-state index contributed by atoms with van der Waals surface area (Å²) in [6, 6.07) is 6.06. The molecule has 0 saturated carbocycles. The van der Waals surface area contributed by atoms with Crippen LogP contribution in [0.25, 0.3) is 11.0 Å². The maximum atomic E-state index is 13.4. The zero-order valence-electron chi connectivity index (χ0n) is 16.5. The van der Waals surface area contributed by atoms with E-state index < -0.39 is 34.9 Å². The van der Waals surface area contributed by atoms with Crippen molar-refractivity contribution in [1.82, 2.24) is 14.9 Å². The molecule has 168 valence electrons. The van der Waals surface area contributed by atoms with Crippen LogP contribution in [0.3, 0.4) is 0 Å². The van der Waals surface area contributed by atoms with Crippen LogP contribution in [-0.2, 0) is 6.18 Å². The van der Waals surface area contributed by atoms with Crippen molar-refractivity contribution < 1.29 is 22.4 Å². The third kappa shape index (κ3) is 4.46. The number of nitrogens with one attached hydrogen (secondary N) is 1. The van der Waals surface area contributed by atoms with Gasteiger partial charge in [0.15, 0.2) is 0 Å². The summed E-state index contributed by atoms with van der Waals surface area (Å²) in [6.45, 7) is 0.636. The number of primary amides is 1. The number of alkyl halides is 4. The molecule has 2 aromatic heterocycles. The van der Waals surface area contributed by atoms with Crippen molar-refractivity contribution in [2.24, 2.45) is 5.73 Å². The second kappa shape index (κ2) is 8.51. The highest BCUT2D eigenvalue weighted by Crippen LogP contribution is 2.37. The molecule has 32 heavy (non-hydrogen) atoms. The van der Waals surface area contributed by atoms with Gasteiger partial charge in [-0.3, -0.25) is 19.7 Å². The maximum absolute atomic E-state index is 13.4. The van der Waals surface area contributed by atoms with Gasteiger partial charge < -0.3 is 11.1 Å². The van der Waals surface area contributed by atoms with Crippen LogP contribution in [0.1, 0.15) is 27.5 Å². The Hall–Kier alpha value is -2.98. The number of pyridine rings is 2. The first-order valence-electron chi connectivity index (χ1n) is 9.66. The molecule has 3 heterocycles. The first kappa shape index (κ1) is 22.2. The van der Waals surface area contributed by atoms with E-state index in [1.54, 1.807) is 11.0 Å². The van der Waals surface area contributed by atoms with Gasteiger partial charge in [0, 0.05) is 32.0 Å². The predicted molar refractivity (Wildman–Crippen MR) is 112 cm³/mol. The van der Waals surface area contributed by atoms with Gasteiger partial charge in [0.1, 0.15) is 17.2 Å². The third-order valence-electron chi connectivity index (χ3n) is 5.27. The number of rotatable bonds is 6. The molecule has 0 bridgehead atoms. The zero-order chi connectivity index (χ0) is 23.0. The lowest BCUT2D eigenvalue weighted by Gasteiger charge is -2.37. The van der Waals surface area contributed by atoms with Crippen LogP contribution in [-0.4, -0.2) is 46.6 Å². The Morgan fingerprint density at radius 2 is 1.88 bits per heavy atom. The number of carbonyl (C=O) groups is 1. The highest BCUT2D eigenvalue weighted by molar-refractivity contribution is 6.31. The SMILES string of the molecule is NC(=O)c1ccnc2c(N[C@H](CN3CC(F)C3)c3ccc(Cl)c(C(F)(F)F)c3)ccnc12. The number of nitrogens with two attached hydrogens (primary N) is 1. The number of carbonyl (C=O) groups excluding carboxylic acids is 1. The monoisotopic (exact) mass is 467 g/mol. The summed E-state index contributed by atoms with van der Waals surface area (Å²) in [5, 5.41) is 2.78. The van der Waals surface area contributed by atoms with Crippen molar-refractivity contribution >= 4 is 34.2 Å². The molecular weight excluding hydrogens is 450 g/mol. The van der Waals surface area contributed by atoms with E-state index in [1.807, 2.05) is 0 Å². The van der Waals surface area contributed by atoms with Crippen LogP contribution in [0.2, 0.25) is 5.02 Å². The fraction of sp³-hybridized carbons (Fsp3) is 0.286. The molecule has 3 aromatic rings. The van der Waals surface area contributed by atoms with E-state index in [4.69, 9.17) is 17.3 Å². The maximum Gasteiger partial charge on any atom is 0.417 e. The second-order valence-corrected chi connectivity index (χ2v) is 7.94. The third-order valence-corrected chi connectivity index (χ3v) is 5.60. The highest BCUT2D eigenvalue weighted by atomic mass is 35.5. The Labute approximate surface area is 185 Å². The van der Waals surface area contributed by atoms with Crippen LogP contribution in [0.4, 0.5) is 23.2 Å². The average molecular weight is 468 g/mol. The minimum Gasteiger partial charge on any atom is -0.375 e. The molecule has 0 aliphatic carbocycles. The van der Waals surface area contributed by atoms with Gasteiger partial charge in [-0.05, 0) is 29.8 Å². The molecule has 0 unspecified atom stereocenters. The Morgan fingerprint density at radius 3 is 2.53 bits per heavy atom. The molecule has 1 atom stereocenters. The van der Waals surface area contributed by atoms with Crippen LogP contribution in [0.5, 0.6) is 0 Å². The number of anilines is 1. The molecule has 0 radical (unpaired) electrons. The van der Waals surface area contributed by atoms with Gasteiger partial charge in [0.2, 0.25) is 0 Å². The Morgan fingerprint density at radius 1 is 1.19 bits per heavy atom. The normalized spacial score (nSPS) is 16.0. The summed E-state index contributed by atoms with van der Waals surface area (Å²) in [5.41, 5.74) is 6.00. The second-order valence-electron chi connectivity index (χ2n) is 7.53. The molecule has 1 aliphatic heterocycles. The van der Waals surface area contributed by atoms with E-state index in [0.29, 0.717) is 16.8 Å². The lowest BCUT2D eigenvalue weighted by atomic mass is 10.0. The molecular formula is C21H18ClF4N5O. The van der Waals surface area contributed by atoms with Crippen LogP contribution >= 0.6 is 11.6 Å². The van der Waals surface area contributed by atoms with Gasteiger partial charge in [0.25, 0.3) is 5.91 Å². The van der Waals surface area contributed by atoms with Crippen molar-refractivity contribution in [3.63, 3.8) is 0 Å². The standard InChI is InChI=1S/C21H18ClF4N5O/c22-15-2-1-11(7-14(15)21(24,25)26)17(10-31-8-12(23)9-31)30-16-4-6-28-18-13(20(27)32)3-5-29-19(16)18/h1-7,12,17H,8-10H2,(H2,27,32)(H,28,30)/t17-/m1/s1. The van der Waals surface area contributed by atoms with Gasteiger partial charge >= 0.3 is 6.18 Å². The van der Waals surface area contributed by atoms with E-state index in [1.165, 1.54) is 30.6 Å². The highest BCUT2D eigenvalue weighted by Gasteiger charge is 2.35. The quantitative estimate of drug-likeness (QED) is 0.531. The van der Waals surface area contributed by atoms with Gasteiger partial charge in [-0.2, -0.15) is 13.2 Å². The van der Waals surface area contributed by atoms with Crippen molar-refractivity contribution in [3.8, 4) is 0 Å². The predicted octanol–water partition coefficient (Wildman–Crippen LogP) is 4.21. The number of aromatic nitrogens is 2. The van der Waals surface area contributed by atoms with Crippen molar-refractivity contribution in [3.05, 3.63) is 64.4 Å². The molecule has 1 fully saturated rings. The molecule has 3 N–H and O–H groups in total. The lowest BCUT2D eigenvalue weighted by Crippen LogP contribution is -2.50. The smallest absolute Gasteiger partial charge is 0.375 e. The minimum atomic E-state index is -4.63. The lowest BCUT2D eigenvalue weighted by molar-refractivity contribution is -0.137. The van der Waals surface area contributed by atoms with Gasteiger partial charge in [0.05, 0.1) is 27.9 Å². The summed E-state index contributed by atoms with van der Waals surface area (Å²) < 4.78 is 53.6. The summed E-state index contributed by atoms with van der Waals surface area (Å²) in [7, 11) is 0. The number of benzene rings is 1. The molecule has 4 rings (SSSR count). The van der Waals surface area contributed by atoms with Gasteiger partial charge in [-0.1, -0.05) is 17.7 Å². The largest absolute Gasteiger partial charge is 0.417 e. The Balaban J connectivity index is 1.74. The van der Waals surface area contributed by atoms with Crippen LogP contribution in [0, 0.1) is 0 Å². The summed E-state index contributed by atoms with van der Waals surface area (Å²) in [4.78, 5) is 21.9. The topological polar surface area (TPSA) is 84.1 Å². The number of halogens is 5. The zero-order valence-corrected chi connectivity index (χ0v) is 17.3. The number of amides is 1. The first-order chi connectivity index (χ1) is 15.1. The van der Waals surface area contributed by atoms with Gasteiger partial charge in [-0.15, -0.1) is 0 Å². The van der Waals surface area contributed by atoms with Gasteiger partial charge in [-0.25, -0.2) is 4.39 Å². The number of fused-ring (bicyclic) bond motifs is 1. The van der Waals surface area contributed by atoms with Crippen LogP contribution in [0.15, 0.2) is 42.7 Å². The van der Waals surface area contributed by atoms with E-state index in [0.717, 1.165) is 6.07 Å². The molecule has 1 saturated heterocycles. The molecule has 1 aromatic carbocycles. The Bertz CT molecular complexity index is 1170. The molecule has 1 amide bonds. The fourth-order valence-electron chi connectivity index (χ4n) is 3.68. The average Bonchev–Trinajstić information content (AvgIpc) is 2.71. The Kier molecular flexibility index (Phi) is 5.91. The summed E-state index contributed by atoms with van der Waals surface area (Å²) in [6.07, 6.45) is -2.75. The first-order valence-corrected chi connectivity index (χ1v) is 10.0. The number of nitrogens with zero attached hydrogens (tertiary/aromatic N) is 3. The molecule has 0 spiro atoms. The minimum absolute atomic E-state index is 0.170. The summed E-state index contributed by atoms with van der Waals surface area (Å²) in [5.74, 6) is -0.680. The fourth-order valence-corrected chi connectivity index (χ4v) is 3.90. The number of likely N-dealkylation sites (tertiary alicyclic amines) is 1. The van der Waals surface area contributed by atoms with Crippen molar-refractivity contribution in [2.75, 3.05) is 25.0 Å². The van der Waals surface area contributed by atoms with E-state index in [-0.39, 0.29) is 30.7 Å². The van der Waals surface area contributed by atoms with Crippen molar-refractivity contribution in [2.45, 2.75) is 18.4 Å². The van der Waals surface area contributed by atoms with E-state index >= 15 is 0 Å². The molecule has 11 heteroatoms. The van der Waals surface area contributed by atoms with Crippen LogP contribution < -0.4 is 11.1 Å². The molecule has 6 nitrogen and oxygen atoms in total. The summed E-state index contributed by atoms with van der Waals surface area (Å²) >= 11 is 5.77. The number of hydrogen-bond acceptors (Lipinski definition) is 5. The van der Waals surface area contributed by atoms with E-state index in [2.05, 4.69) is 15.3 Å². The number of hydrogen-bond donors (Lipinski definition) is 2. The van der Waals surface area contributed by atoms with Crippen molar-refractivity contribution in [1.29, 1.82) is 0 Å². The van der Waals surface area contributed by atoms with E-state index in [9.17, 15) is 22.4 Å².